The van der Waals surface area contributed by atoms with E-state index in [4.69, 9.17) is 4.74 Å². The van der Waals surface area contributed by atoms with Crippen molar-refractivity contribution in [3.05, 3.63) is 78.4 Å². The molecule has 0 radical (unpaired) electrons. The van der Waals surface area contributed by atoms with E-state index in [0.29, 0.717) is 31.4 Å². The zero-order valence-corrected chi connectivity index (χ0v) is 22.0. The Bertz CT molecular complexity index is 1160. The van der Waals surface area contributed by atoms with Crippen LogP contribution in [-0.2, 0) is 22.7 Å². The van der Waals surface area contributed by atoms with Crippen molar-refractivity contribution in [2.45, 2.75) is 46.3 Å². The molecule has 37 heavy (non-hydrogen) atoms. The van der Waals surface area contributed by atoms with Crippen molar-refractivity contribution in [2.24, 2.45) is 0 Å². The lowest BCUT2D eigenvalue weighted by molar-refractivity contribution is -0.132. The van der Waals surface area contributed by atoms with Gasteiger partial charge >= 0.3 is 0 Å². The molecule has 2 heterocycles. The number of para-hydroxylation sites is 2. The van der Waals surface area contributed by atoms with E-state index in [0.717, 1.165) is 36.3 Å². The van der Waals surface area contributed by atoms with Gasteiger partial charge in [0.05, 0.1) is 12.0 Å². The first kappa shape index (κ1) is 26.4. The highest BCUT2D eigenvalue weighted by atomic mass is 16.5. The number of aromatic nitrogens is 2. The first-order valence-corrected chi connectivity index (χ1v) is 13.0. The smallest absolute Gasteiger partial charge is 0.264 e. The number of anilines is 1. The van der Waals surface area contributed by atoms with E-state index in [-0.39, 0.29) is 25.0 Å². The molecule has 0 saturated carbocycles. The second-order valence-corrected chi connectivity index (χ2v) is 9.76. The van der Waals surface area contributed by atoms with Crippen LogP contribution in [0.25, 0.3) is 0 Å². The van der Waals surface area contributed by atoms with Gasteiger partial charge in [-0.1, -0.05) is 36.4 Å². The summed E-state index contributed by atoms with van der Waals surface area (Å²) in [6.07, 6.45) is 5.97. The van der Waals surface area contributed by atoms with Gasteiger partial charge < -0.3 is 19.1 Å². The number of carbonyl (C=O) groups excluding carboxylic acids is 2. The van der Waals surface area contributed by atoms with E-state index >= 15 is 0 Å². The molecule has 0 saturated heterocycles. The largest absolute Gasteiger partial charge is 0.484 e. The van der Waals surface area contributed by atoms with Crippen molar-refractivity contribution in [3.63, 3.8) is 0 Å². The van der Waals surface area contributed by atoms with Crippen molar-refractivity contribution in [1.82, 2.24) is 19.4 Å². The molecular formula is C29H37N5O3. The Morgan fingerprint density at radius 2 is 1.78 bits per heavy atom. The van der Waals surface area contributed by atoms with E-state index in [2.05, 4.69) is 23.7 Å². The number of carbonyl (C=O) groups is 2. The van der Waals surface area contributed by atoms with E-state index in [1.54, 1.807) is 23.3 Å². The Hall–Kier alpha value is -3.65. The molecule has 4 rings (SSSR count). The summed E-state index contributed by atoms with van der Waals surface area (Å²) in [7, 11) is 0. The fraction of sp³-hybridized carbons (Fsp3) is 0.414. The Morgan fingerprint density at radius 1 is 0.973 bits per heavy atom. The number of amides is 2. The lowest BCUT2D eigenvalue weighted by Crippen LogP contribution is -2.42. The fourth-order valence-electron chi connectivity index (χ4n) is 4.78. The Balaban J connectivity index is 1.64. The van der Waals surface area contributed by atoms with Gasteiger partial charge in [0, 0.05) is 51.2 Å². The monoisotopic (exact) mass is 503 g/mol. The maximum Gasteiger partial charge on any atom is 0.264 e. The lowest BCUT2D eigenvalue weighted by Gasteiger charge is -2.30. The van der Waals surface area contributed by atoms with Crippen LogP contribution in [0.4, 0.5) is 5.69 Å². The van der Waals surface area contributed by atoms with Crippen molar-refractivity contribution < 1.29 is 14.3 Å². The minimum atomic E-state index is -0.0916. The first-order valence-electron chi connectivity index (χ1n) is 13.0. The maximum atomic E-state index is 13.6. The van der Waals surface area contributed by atoms with Crippen LogP contribution in [0.15, 0.2) is 67.3 Å². The normalized spacial score (nSPS) is 15.2. The highest BCUT2D eigenvalue weighted by molar-refractivity contribution is 5.96. The molecule has 196 valence electrons. The molecule has 2 amide bonds. The molecule has 0 atom stereocenters. The summed E-state index contributed by atoms with van der Waals surface area (Å²) in [6.45, 7) is 9.80. The number of rotatable bonds is 6. The number of benzene rings is 2. The molecule has 2 aromatic carbocycles. The number of hydrogen-bond donors (Lipinski definition) is 0. The Labute approximate surface area is 219 Å². The van der Waals surface area contributed by atoms with Crippen LogP contribution in [-0.4, -0.2) is 70.0 Å². The highest BCUT2D eigenvalue weighted by Crippen LogP contribution is 2.28. The van der Waals surface area contributed by atoms with Crippen LogP contribution in [0.1, 0.15) is 31.4 Å². The zero-order valence-electron chi connectivity index (χ0n) is 22.0. The molecule has 0 spiro atoms. The molecule has 0 N–H and O–H groups in total. The van der Waals surface area contributed by atoms with Gasteiger partial charge in [-0.3, -0.25) is 14.5 Å². The number of ether oxygens (including phenoxy) is 1. The summed E-state index contributed by atoms with van der Waals surface area (Å²) in [6, 6.07) is 15.8. The topological polar surface area (TPSA) is 70.9 Å². The van der Waals surface area contributed by atoms with Crippen molar-refractivity contribution in [2.75, 3.05) is 37.7 Å². The van der Waals surface area contributed by atoms with Gasteiger partial charge in [-0.2, -0.15) is 0 Å². The highest BCUT2D eigenvalue weighted by Gasteiger charge is 2.26. The molecule has 0 fully saturated rings. The van der Waals surface area contributed by atoms with Gasteiger partial charge in [0.25, 0.3) is 5.91 Å². The lowest BCUT2D eigenvalue weighted by atomic mass is 10.1. The quantitative estimate of drug-likeness (QED) is 0.513. The van der Waals surface area contributed by atoms with E-state index in [1.165, 1.54) is 0 Å². The van der Waals surface area contributed by atoms with Crippen LogP contribution < -0.4 is 9.64 Å². The number of nitrogens with zero attached hydrogens (tertiary/aromatic N) is 5. The molecule has 1 aliphatic rings. The summed E-state index contributed by atoms with van der Waals surface area (Å²) >= 11 is 0. The Kier molecular flexibility index (Phi) is 8.95. The van der Waals surface area contributed by atoms with Crippen molar-refractivity contribution in [3.8, 4) is 5.75 Å². The molecule has 0 bridgehead atoms. The van der Waals surface area contributed by atoms with Crippen molar-refractivity contribution in [1.29, 1.82) is 0 Å². The number of hydrogen-bond acceptors (Lipinski definition) is 5. The minimum Gasteiger partial charge on any atom is -0.484 e. The number of imidazole rings is 1. The zero-order chi connectivity index (χ0) is 26.2. The summed E-state index contributed by atoms with van der Waals surface area (Å²) in [5.74, 6) is 0.603. The molecule has 3 aromatic rings. The van der Waals surface area contributed by atoms with E-state index in [9.17, 15) is 9.59 Å². The first-order chi connectivity index (χ1) is 17.9. The summed E-state index contributed by atoms with van der Waals surface area (Å²) in [5, 5.41) is 0. The molecule has 1 aliphatic heterocycles. The third-order valence-electron chi connectivity index (χ3n) is 6.80. The third kappa shape index (κ3) is 6.98. The van der Waals surface area contributed by atoms with Gasteiger partial charge in [-0.15, -0.1) is 0 Å². The number of aryl methyl sites for hydroxylation is 1. The maximum absolute atomic E-state index is 13.6. The van der Waals surface area contributed by atoms with Crippen LogP contribution in [0.3, 0.4) is 0 Å². The van der Waals surface area contributed by atoms with Crippen LogP contribution >= 0.6 is 0 Å². The fourth-order valence-corrected chi connectivity index (χ4v) is 4.78. The molecule has 8 nitrogen and oxygen atoms in total. The Morgan fingerprint density at radius 3 is 2.51 bits per heavy atom. The second-order valence-electron chi connectivity index (χ2n) is 9.76. The predicted octanol–water partition coefficient (Wildman–Crippen LogP) is 3.75. The summed E-state index contributed by atoms with van der Waals surface area (Å²) < 4.78 is 7.62. The SMILES string of the molecule is Cc1cccc2c1N(C(=O)COc1ccccc1)CCCN(C(C)C)CCN(C(=O)Cn1ccnc1)C2. The molecular weight excluding hydrogens is 466 g/mol. The molecule has 8 heteroatoms. The average molecular weight is 504 g/mol. The van der Waals surface area contributed by atoms with Crippen LogP contribution in [0.5, 0.6) is 5.75 Å². The van der Waals surface area contributed by atoms with Gasteiger partial charge in [0.2, 0.25) is 5.91 Å². The minimum absolute atomic E-state index is 0.0266. The molecule has 0 aliphatic carbocycles. The molecule has 1 aromatic heterocycles. The van der Waals surface area contributed by atoms with Gasteiger partial charge in [0.15, 0.2) is 6.61 Å². The average Bonchev–Trinajstić information content (AvgIpc) is 3.38. The third-order valence-corrected chi connectivity index (χ3v) is 6.80. The van der Waals surface area contributed by atoms with Crippen LogP contribution in [0, 0.1) is 6.92 Å². The van der Waals surface area contributed by atoms with Crippen molar-refractivity contribution >= 4 is 17.5 Å². The standard InChI is InChI=1S/C29H37N5O3/c1-23(2)32-14-8-15-34(28(36)21-37-26-11-5-4-6-12-26)29-24(3)9-7-10-25(29)19-33(18-17-32)27(35)20-31-16-13-30-22-31/h4-7,9-13,16,22-23H,8,14-15,17-21H2,1-3H3. The van der Waals surface area contributed by atoms with E-state index in [1.807, 2.05) is 65.3 Å². The van der Waals surface area contributed by atoms with Gasteiger partial charge in [0.1, 0.15) is 12.3 Å². The molecule has 0 unspecified atom stereocenters. The van der Waals surface area contributed by atoms with Gasteiger partial charge in [-0.05, 0) is 50.5 Å². The second kappa shape index (κ2) is 12.5. The number of fused-ring (bicyclic) bond motifs is 1. The summed E-state index contributed by atoms with van der Waals surface area (Å²) in [5.41, 5.74) is 2.85. The summed E-state index contributed by atoms with van der Waals surface area (Å²) in [4.78, 5) is 37.2. The van der Waals surface area contributed by atoms with Gasteiger partial charge in [-0.25, -0.2) is 4.98 Å². The predicted molar refractivity (Wildman–Crippen MR) is 144 cm³/mol. The van der Waals surface area contributed by atoms with Crippen LogP contribution in [0.2, 0.25) is 0 Å². The van der Waals surface area contributed by atoms with E-state index < -0.39 is 0 Å².